The molecule has 0 aromatic heterocycles. The molecule has 0 unspecified atom stereocenters. The first-order chi connectivity index (χ1) is 24.6. The van der Waals surface area contributed by atoms with E-state index < -0.39 is 20.5 Å². The van der Waals surface area contributed by atoms with Crippen LogP contribution in [0, 0.1) is 11.8 Å². The van der Waals surface area contributed by atoms with Gasteiger partial charge in [0.15, 0.2) is 8.32 Å². The lowest BCUT2D eigenvalue weighted by Crippen LogP contribution is -2.52. The van der Waals surface area contributed by atoms with Gasteiger partial charge in [-0.1, -0.05) is 175 Å². The summed E-state index contributed by atoms with van der Waals surface area (Å²) in [5, 5.41) is 9.64. The molecule has 1 N–H and O–H groups in total. The van der Waals surface area contributed by atoms with Crippen molar-refractivity contribution in [1.29, 1.82) is 0 Å². The number of aliphatic hydroxyl groups is 1. The van der Waals surface area contributed by atoms with E-state index in [1.165, 1.54) is 44.1 Å². The maximum atomic E-state index is 9.65. The van der Waals surface area contributed by atoms with Crippen molar-refractivity contribution in [2.75, 3.05) is 6.61 Å². The number of ether oxygens (including phenoxy) is 3. The maximum absolute atomic E-state index is 9.65. The van der Waals surface area contributed by atoms with Crippen LogP contribution in [0.2, 0.25) is 18.1 Å². The van der Waals surface area contributed by atoms with Gasteiger partial charge in [0.25, 0.3) is 0 Å². The third-order valence-electron chi connectivity index (χ3n) is 9.91. The average Bonchev–Trinajstić information content (AvgIpc) is 3.12. The van der Waals surface area contributed by atoms with Gasteiger partial charge in [-0.25, -0.2) is 0 Å². The summed E-state index contributed by atoms with van der Waals surface area (Å²) >= 11 is 0. The molecule has 0 fully saturated rings. The van der Waals surface area contributed by atoms with Crippen molar-refractivity contribution in [3.63, 3.8) is 0 Å². The lowest BCUT2D eigenvalue weighted by molar-refractivity contribution is -0.122. The van der Waals surface area contributed by atoms with E-state index in [0.29, 0.717) is 32.7 Å². The van der Waals surface area contributed by atoms with Gasteiger partial charge < -0.3 is 23.7 Å². The highest BCUT2D eigenvalue weighted by molar-refractivity contribution is 6.74. The molecule has 3 aromatic carbocycles. The van der Waals surface area contributed by atoms with E-state index in [9.17, 15) is 5.11 Å². The summed E-state index contributed by atoms with van der Waals surface area (Å²) < 4.78 is 27.8. The first-order valence-corrected chi connectivity index (χ1v) is 22.3. The van der Waals surface area contributed by atoms with Gasteiger partial charge in [-0.15, -0.1) is 0 Å². The topological polar surface area (TPSA) is 57.2 Å². The zero-order valence-electron chi connectivity index (χ0n) is 32.4. The summed E-state index contributed by atoms with van der Waals surface area (Å²) in [4.78, 5) is 0. The molecule has 0 saturated heterocycles. The Morgan fingerprint density at radius 2 is 1.16 bits per heavy atom. The van der Waals surface area contributed by atoms with Crippen molar-refractivity contribution >= 4 is 8.32 Å². The molecule has 0 aliphatic rings. The maximum Gasteiger partial charge on any atom is 0.192 e. The molecule has 5 nitrogen and oxygen atoms in total. The quantitative estimate of drug-likeness (QED) is 0.0569. The number of hydrogen-bond donors (Lipinski definition) is 1. The van der Waals surface area contributed by atoms with Gasteiger partial charge in [0.05, 0.1) is 38.6 Å². The Labute approximate surface area is 311 Å². The smallest absolute Gasteiger partial charge is 0.192 e. The molecule has 0 aliphatic carbocycles. The first-order valence-electron chi connectivity index (χ1n) is 19.4. The van der Waals surface area contributed by atoms with E-state index in [1.807, 2.05) is 42.5 Å². The normalized spacial score (nSPS) is 14.3. The van der Waals surface area contributed by atoms with Gasteiger partial charge in [0, 0.05) is 12.8 Å². The minimum absolute atomic E-state index is 0.00825. The molecular formula is C45H66O5Si. The highest BCUT2D eigenvalue weighted by Gasteiger charge is 2.43. The standard InChI is InChI=1S/C45H66O5Si/c1-7-8-9-10-11-12-22-31-41(47-35-38-25-16-13-17-26-38)34-43(50-51(5,6)45(2,3)4)44(49-37-40-29-20-15-21-30-40)42(32-23-24-33-46)48-36-39-27-18-14-19-28-39/h13-21,25-30,41-44,46H,7-12,22,24,31,33-37H2,1-6H3/t41-,42+,43-,44+/m1/s1. The van der Waals surface area contributed by atoms with Crippen LogP contribution in [0.3, 0.4) is 0 Å². The van der Waals surface area contributed by atoms with Crippen molar-refractivity contribution in [2.45, 2.75) is 154 Å². The van der Waals surface area contributed by atoms with Gasteiger partial charge in [-0.05, 0) is 41.2 Å². The zero-order chi connectivity index (χ0) is 36.8. The monoisotopic (exact) mass is 714 g/mol. The van der Waals surface area contributed by atoms with E-state index in [2.05, 4.69) is 101 Å². The second kappa shape index (κ2) is 23.7. The van der Waals surface area contributed by atoms with Crippen LogP contribution in [0.4, 0.5) is 0 Å². The lowest BCUT2D eigenvalue weighted by atomic mass is 9.97. The minimum Gasteiger partial charge on any atom is -0.411 e. The highest BCUT2D eigenvalue weighted by Crippen LogP contribution is 2.39. The summed E-state index contributed by atoms with van der Waals surface area (Å²) in [6.45, 7) is 15.1. The minimum atomic E-state index is -2.30. The fourth-order valence-electron chi connectivity index (χ4n) is 5.81. The zero-order valence-corrected chi connectivity index (χ0v) is 33.4. The third kappa shape index (κ3) is 16.6. The molecule has 3 rings (SSSR count). The van der Waals surface area contributed by atoms with Crippen molar-refractivity contribution in [2.24, 2.45) is 0 Å². The van der Waals surface area contributed by atoms with Crippen LogP contribution >= 0.6 is 0 Å². The summed E-state index contributed by atoms with van der Waals surface area (Å²) in [6, 6.07) is 30.9. The molecule has 0 aliphatic heterocycles. The fraction of sp³-hybridized carbons (Fsp3) is 0.556. The summed E-state index contributed by atoms with van der Waals surface area (Å²) in [5.74, 6) is 6.56. The Kier molecular flexibility index (Phi) is 19.8. The second-order valence-corrected chi connectivity index (χ2v) is 20.0. The largest absolute Gasteiger partial charge is 0.411 e. The van der Waals surface area contributed by atoms with E-state index >= 15 is 0 Å². The number of aliphatic hydroxyl groups excluding tert-OH is 1. The van der Waals surface area contributed by atoms with Crippen LogP contribution in [0.5, 0.6) is 0 Å². The Hall–Kier alpha value is -2.76. The van der Waals surface area contributed by atoms with Crippen molar-refractivity contribution < 1.29 is 23.7 Å². The summed E-state index contributed by atoms with van der Waals surface area (Å²) in [6.07, 6.45) is 9.31. The number of benzene rings is 3. The molecule has 0 saturated carbocycles. The SMILES string of the molecule is CCCCCCCCC[C@H](C[C@@H](O[Si](C)(C)C(C)(C)C)[C@@H](OCc1ccccc1)[C@H](C#CCCO)OCc1ccccc1)OCc1ccccc1. The third-order valence-corrected chi connectivity index (χ3v) is 14.4. The van der Waals surface area contributed by atoms with E-state index in [-0.39, 0.29) is 23.9 Å². The molecule has 6 heteroatoms. The van der Waals surface area contributed by atoms with Gasteiger partial charge >= 0.3 is 0 Å². The molecule has 51 heavy (non-hydrogen) atoms. The van der Waals surface area contributed by atoms with Crippen molar-refractivity contribution in [3.05, 3.63) is 108 Å². The van der Waals surface area contributed by atoms with Crippen LogP contribution in [-0.2, 0) is 38.5 Å². The summed E-state index contributed by atoms with van der Waals surface area (Å²) in [7, 11) is -2.30. The lowest BCUT2D eigenvalue weighted by Gasteiger charge is -2.43. The fourth-order valence-corrected chi connectivity index (χ4v) is 7.15. The number of rotatable bonds is 24. The molecule has 280 valence electrons. The highest BCUT2D eigenvalue weighted by atomic mass is 28.4. The van der Waals surface area contributed by atoms with E-state index in [1.54, 1.807) is 0 Å². The molecule has 3 aromatic rings. The predicted octanol–water partition coefficient (Wildman–Crippen LogP) is 11.0. The second-order valence-electron chi connectivity index (χ2n) is 15.3. The molecule has 4 atom stereocenters. The van der Waals surface area contributed by atoms with Gasteiger partial charge in [0.2, 0.25) is 0 Å². The molecular weight excluding hydrogens is 649 g/mol. The molecule has 0 amide bonds. The Balaban J connectivity index is 1.99. The Morgan fingerprint density at radius 1 is 0.667 bits per heavy atom. The molecule has 0 spiro atoms. The Morgan fingerprint density at radius 3 is 1.67 bits per heavy atom. The van der Waals surface area contributed by atoms with Crippen LogP contribution in [0.25, 0.3) is 0 Å². The van der Waals surface area contributed by atoms with Crippen LogP contribution in [0.15, 0.2) is 91.0 Å². The van der Waals surface area contributed by atoms with E-state index in [4.69, 9.17) is 18.6 Å². The number of unbranched alkanes of at least 4 members (excludes halogenated alkanes) is 6. The van der Waals surface area contributed by atoms with Crippen LogP contribution in [-0.4, -0.2) is 44.4 Å². The molecule has 0 radical (unpaired) electrons. The first kappa shape index (κ1) is 42.6. The van der Waals surface area contributed by atoms with Gasteiger partial charge in [-0.3, -0.25) is 0 Å². The van der Waals surface area contributed by atoms with Crippen LogP contribution < -0.4 is 0 Å². The van der Waals surface area contributed by atoms with Crippen molar-refractivity contribution in [1.82, 2.24) is 0 Å². The van der Waals surface area contributed by atoms with E-state index in [0.717, 1.165) is 24.0 Å². The number of hydrogen-bond acceptors (Lipinski definition) is 5. The van der Waals surface area contributed by atoms with Gasteiger partial charge in [-0.2, -0.15) is 0 Å². The average molecular weight is 715 g/mol. The summed E-state index contributed by atoms with van der Waals surface area (Å²) in [5.41, 5.74) is 3.32. The Bertz CT molecular complexity index is 1360. The molecule has 0 heterocycles. The van der Waals surface area contributed by atoms with Crippen LogP contribution in [0.1, 0.15) is 109 Å². The van der Waals surface area contributed by atoms with Gasteiger partial charge in [0.1, 0.15) is 12.2 Å². The predicted molar refractivity (Wildman–Crippen MR) is 214 cm³/mol. The molecule has 0 bridgehead atoms. The van der Waals surface area contributed by atoms with Crippen molar-refractivity contribution in [3.8, 4) is 11.8 Å².